The van der Waals surface area contributed by atoms with Gasteiger partial charge in [0.1, 0.15) is 0 Å². The van der Waals surface area contributed by atoms with E-state index in [1.165, 1.54) is 5.56 Å². The highest BCUT2D eigenvalue weighted by Gasteiger charge is 2.41. The third-order valence-electron chi connectivity index (χ3n) is 4.27. The summed E-state index contributed by atoms with van der Waals surface area (Å²) in [5.74, 6) is 0.144. The molecule has 1 aliphatic heterocycles. The Kier molecular flexibility index (Phi) is 5.76. The highest BCUT2D eigenvalue weighted by Crippen LogP contribution is 2.35. The Morgan fingerprint density at radius 1 is 1.19 bits per heavy atom. The number of nitrogens with one attached hydrogen (secondary N) is 2. The molecule has 1 fully saturated rings. The molecule has 116 valence electrons. The van der Waals surface area contributed by atoms with E-state index in [2.05, 4.69) is 41.8 Å². The molecule has 0 bridgehead atoms. The molecule has 1 amide bonds. The van der Waals surface area contributed by atoms with Gasteiger partial charge in [-0.25, -0.2) is 0 Å². The van der Waals surface area contributed by atoms with E-state index in [9.17, 15) is 4.79 Å². The van der Waals surface area contributed by atoms with Gasteiger partial charge in [-0.15, -0.1) is 0 Å². The average molecular weight is 290 g/mol. The van der Waals surface area contributed by atoms with Gasteiger partial charge >= 0.3 is 0 Å². The van der Waals surface area contributed by atoms with Crippen molar-refractivity contribution in [2.45, 2.75) is 31.6 Å². The van der Waals surface area contributed by atoms with Crippen LogP contribution in [0, 0.1) is 6.92 Å². The molecule has 4 heteroatoms. The van der Waals surface area contributed by atoms with Crippen LogP contribution in [0.3, 0.4) is 0 Å². The van der Waals surface area contributed by atoms with Gasteiger partial charge < -0.3 is 15.4 Å². The molecule has 0 spiro atoms. The molecule has 2 rings (SSSR count). The van der Waals surface area contributed by atoms with E-state index in [1.54, 1.807) is 0 Å². The number of rotatable bonds is 6. The molecule has 1 heterocycles. The van der Waals surface area contributed by atoms with E-state index in [-0.39, 0.29) is 5.91 Å². The molecule has 21 heavy (non-hydrogen) atoms. The second kappa shape index (κ2) is 7.57. The highest BCUT2D eigenvalue weighted by atomic mass is 16.5. The van der Waals surface area contributed by atoms with Gasteiger partial charge in [0.15, 0.2) is 0 Å². The third kappa shape index (κ3) is 3.83. The summed E-state index contributed by atoms with van der Waals surface area (Å²) in [6.07, 6.45) is 2.46. The van der Waals surface area contributed by atoms with Gasteiger partial charge in [-0.2, -0.15) is 0 Å². The van der Waals surface area contributed by atoms with E-state index in [0.29, 0.717) is 19.8 Å². The van der Waals surface area contributed by atoms with Gasteiger partial charge in [-0.1, -0.05) is 29.8 Å². The third-order valence-corrected chi connectivity index (χ3v) is 4.27. The predicted octanol–water partition coefficient (Wildman–Crippen LogP) is 1.77. The fraction of sp³-hybridized carbons (Fsp3) is 0.588. The van der Waals surface area contributed by atoms with Crippen molar-refractivity contribution in [2.75, 3.05) is 33.4 Å². The Bertz CT molecular complexity index is 450. The van der Waals surface area contributed by atoms with Crippen LogP contribution < -0.4 is 10.6 Å². The molecule has 0 unspecified atom stereocenters. The van der Waals surface area contributed by atoms with Crippen molar-refractivity contribution in [1.82, 2.24) is 10.6 Å². The quantitative estimate of drug-likeness (QED) is 0.785. The van der Waals surface area contributed by atoms with Crippen LogP contribution >= 0.6 is 0 Å². The van der Waals surface area contributed by atoms with Crippen molar-refractivity contribution >= 4 is 5.91 Å². The van der Waals surface area contributed by atoms with Crippen molar-refractivity contribution in [3.05, 3.63) is 35.4 Å². The fourth-order valence-corrected chi connectivity index (χ4v) is 2.88. The van der Waals surface area contributed by atoms with Crippen LogP contribution in [0.25, 0.3) is 0 Å². The SMILES string of the molecule is CNCCCNC(=O)C1(c2ccc(C)cc2)CCOCC1. The first-order valence-corrected chi connectivity index (χ1v) is 7.77. The van der Waals surface area contributed by atoms with Crippen molar-refractivity contribution in [2.24, 2.45) is 0 Å². The number of aryl methyl sites for hydroxylation is 1. The molecule has 0 aliphatic carbocycles. The van der Waals surface area contributed by atoms with Gasteiger partial charge in [-0.05, 0) is 45.3 Å². The lowest BCUT2D eigenvalue weighted by atomic mass is 9.73. The maximum Gasteiger partial charge on any atom is 0.230 e. The van der Waals surface area contributed by atoms with Crippen molar-refractivity contribution in [3.63, 3.8) is 0 Å². The second-order valence-electron chi connectivity index (χ2n) is 5.77. The molecule has 1 aromatic rings. The number of ether oxygens (including phenoxy) is 1. The number of carbonyl (C=O) groups excluding carboxylic acids is 1. The summed E-state index contributed by atoms with van der Waals surface area (Å²) in [6, 6.07) is 8.35. The van der Waals surface area contributed by atoms with Gasteiger partial charge in [0, 0.05) is 19.8 Å². The van der Waals surface area contributed by atoms with Crippen molar-refractivity contribution in [3.8, 4) is 0 Å². The summed E-state index contributed by atoms with van der Waals surface area (Å²) < 4.78 is 5.47. The maximum absolute atomic E-state index is 12.8. The maximum atomic E-state index is 12.8. The molecule has 0 atom stereocenters. The Balaban J connectivity index is 2.12. The standard InChI is InChI=1S/C17H26N2O2/c1-14-4-6-15(7-5-14)17(8-12-21-13-9-17)16(20)19-11-3-10-18-2/h4-7,18H,3,8-13H2,1-2H3,(H,19,20). The van der Waals surface area contributed by atoms with Crippen molar-refractivity contribution < 1.29 is 9.53 Å². The molecular formula is C17H26N2O2. The molecular weight excluding hydrogens is 264 g/mol. The van der Waals surface area contributed by atoms with Gasteiger partial charge in [0.2, 0.25) is 5.91 Å². The van der Waals surface area contributed by atoms with E-state index >= 15 is 0 Å². The minimum absolute atomic E-state index is 0.144. The van der Waals surface area contributed by atoms with Gasteiger partial charge in [-0.3, -0.25) is 4.79 Å². The van der Waals surface area contributed by atoms with E-state index in [4.69, 9.17) is 4.74 Å². The number of hydrogen-bond donors (Lipinski definition) is 2. The highest BCUT2D eigenvalue weighted by molar-refractivity contribution is 5.88. The van der Waals surface area contributed by atoms with E-state index in [0.717, 1.165) is 31.4 Å². The first kappa shape index (κ1) is 16.0. The Labute approximate surface area is 127 Å². The normalized spacial score (nSPS) is 17.4. The minimum atomic E-state index is -0.425. The molecule has 0 radical (unpaired) electrons. The fourth-order valence-electron chi connectivity index (χ4n) is 2.88. The first-order chi connectivity index (χ1) is 10.2. The average Bonchev–Trinajstić information content (AvgIpc) is 2.52. The van der Waals surface area contributed by atoms with Crippen LogP contribution in [0.1, 0.15) is 30.4 Å². The first-order valence-electron chi connectivity index (χ1n) is 7.77. The van der Waals surface area contributed by atoms with Crippen molar-refractivity contribution in [1.29, 1.82) is 0 Å². The second-order valence-corrected chi connectivity index (χ2v) is 5.77. The summed E-state index contributed by atoms with van der Waals surface area (Å²) in [5.41, 5.74) is 1.91. The zero-order valence-corrected chi connectivity index (χ0v) is 13.1. The number of hydrogen-bond acceptors (Lipinski definition) is 3. The van der Waals surface area contributed by atoms with Crippen LogP contribution in [-0.2, 0) is 14.9 Å². The topological polar surface area (TPSA) is 50.4 Å². The predicted molar refractivity (Wildman–Crippen MR) is 84.5 cm³/mol. The van der Waals surface area contributed by atoms with E-state index in [1.807, 2.05) is 7.05 Å². The lowest BCUT2D eigenvalue weighted by Crippen LogP contribution is -2.48. The van der Waals surface area contributed by atoms with Crippen LogP contribution in [0.15, 0.2) is 24.3 Å². The number of amides is 1. The number of benzene rings is 1. The van der Waals surface area contributed by atoms with E-state index < -0.39 is 5.41 Å². The van der Waals surface area contributed by atoms with Crippen LogP contribution in [0.5, 0.6) is 0 Å². The Morgan fingerprint density at radius 3 is 2.48 bits per heavy atom. The summed E-state index contributed by atoms with van der Waals surface area (Å²) in [7, 11) is 1.92. The monoisotopic (exact) mass is 290 g/mol. The summed E-state index contributed by atoms with van der Waals surface area (Å²) >= 11 is 0. The molecule has 0 saturated carbocycles. The zero-order valence-electron chi connectivity index (χ0n) is 13.1. The molecule has 2 N–H and O–H groups in total. The Morgan fingerprint density at radius 2 is 1.86 bits per heavy atom. The van der Waals surface area contributed by atoms with Crippen LogP contribution in [0.2, 0.25) is 0 Å². The largest absolute Gasteiger partial charge is 0.381 e. The molecule has 1 saturated heterocycles. The van der Waals surface area contributed by atoms with Gasteiger partial charge in [0.25, 0.3) is 0 Å². The summed E-state index contributed by atoms with van der Waals surface area (Å²) in [6.45, 7) is 5.00. The van der Waals surface area contributed by atoms with Crippen LogP contribution in [-0.4, -0.2) is 39.3 Å². The minimum Gasteiger partial charge on any atom is -0.381 e. The summed E-state index contributed by atoms with van der Waals surface area (Å²) in [4.78, 5) is 12.8. The molecule has 4 nitrogen and oxygen atoms in total. The molecule has 0 aromatic heterocycles. The molecule has 1 aromatic carbocycles. The smallest absolute Gasteiger partial charge is 0.230 e. The number of carbonyl (C=O) groups is 1. The van der Waals surface area contributed by atoms with Gasteiger partial charge in [0.05, 0.1) is 5.41 Å². The molecule has 1 aliphatic rings. The Hall–Kier alpha value is -1.39. The van der Waals surface area contributed by atoms with Crippen LogP contribution in [0.4, 0.5) is 0 Å². The summed E-state index contributed by atoms with van der Waals surface area (Å²) in [5, 5.41) is 6.20. The lowest BCUT2D eigenvalue weighted by Gasteiger charge is -2.36. The zero-order chi connectivity index (χ0) is 15.1. The lowest BCUT2D eigenvalue weighted by molar-refractivity contribution is -0.130.